The van der Waals surface area contributed by atoms with Gasteiger partial charge in [-0.15, -0.1) is 0 Å². The van der Waals surface area contributed by atoms with Gasteiger partial charge in [-0.1, -0.05) is 45.7 Å². The Kier molecular flexibility index (Phi) is 7.81. The lowest BCUT2D eigenvalue weighted by molar-refractivity contribution is -0.189. The van der Waals surface area contributed by atoms with E-state index in [0.717, 1.165) is 0 Å². The van der Waals surface area contributed by atoms with Crippen LogP contribution in [-0.4, -0.2) is 40.9 Å². The van der Waals surface area contributed by atoms with E-state index in [4.69, 9.17) is 14.9 Å². The van der Waals surface area contributed by atoms with Crippen LogP contribution in [0.2, 0.25) is 0 Å². The minimum absolute atomic E-state index is 0.00738. The topological polar surface area (TPSA) is 112 Å². The molecule has 0 aliphatic carbocycles. The highest BCUT2D eigenvalue weighted by atomic mass is 31.2. The summed E-state index contributed by atoms with van der Waals surface area (Å²) in [6.45, 7) is -1.42. The van der Waals surface area contributed by atoms with E-state index >= 15 is 0 Å². The second-order valence-corrected chi connectivity index (χ2v) is 7.39. The van der Waals surface area contributed by atoms with E-state index in [0.29, 0.717) is 0 Å². The van der Waals surface area contributed by atoms with E-state index in [9.17, 15) is 27.3 Å². The van der Waals surface area contributed by atoms with Gasteiger partial charge in [0.1, 0.15) is 12.8 Å². The van der Waals surface area contributed by atoms with Gasteiger partial charge in [-0.2, -0.15) is 13.2 Å². The average molecular weight is 449 g/mol. The van der Waals surface area contributed by atoms with Crippen molar-refractivity contribution in [2.24, 2.45) is 0 Å². The lowest BCUT2D eigenvalue weighted by atomic mass is 10.3. The number of carbonyl (C=O) groups is 2. The summed E-state index contributed by atoms with van der Waals surface area (Å²) < 4.78 is 60.7. The first-order chi connectivity index (χ1) is 14.1. The fourth-order valence-corrected chi connectivity index (χ4v) is 3.11. The van der Waals surface area contributed by atoms with E-state index in [-0.39, 0.29) is 16.4 Å². The number of halogens is 3. The van der Waals surface area contributed by atoms with Gasteiger partial charge in [0.25, 0.3) is 0 Å². The van der Waals surface area contributed by atoms with Crippen molar-refractivity contribution in [3.8, 4) is 11.5 Å². The van der Waals surface area contributed by atoms with Gasteiger partial charge in [0.05, 0.1) is 0 Å². The number of carbonyl (C=O) groups excluding carboxylic acids is 1. The smallest absolute Gasteiger partial charge is 0.471 e. The Morgan fingerprint density at radius 1 is 0.900 bits per heavy atom. The van der Waals surface area contributed by atoms with Gasteiger partial charge in [-0.25, -0.2) is 0 Å². The Balaban J connectivity index is 2.23. The van der Waals surface area contributed by atoms with Crippen molar-refractivity contribution in [2.75, 3.05) is 12.8 Å². The monoisotopic (exact) mass is 449 g/mol. The maximum Gasteiger partial charge on any atom is 0.471 e. The van der Waals surface area contributed by atoms with Gasteiger partial charge in [0.2, 0.25) is 0 Å². The largest absolute Gasteiger partial charge is 0.480 e. The molecule has 0 saturated heterocycles. The molecule has 0 aromatic heterocycles. The summed E-state index contributed by atoms with van der Waals surface area (Å²) in [5.74, 6) is -4.33. The molecule has 0 atom stereocenters. The molecule has 0 aliphatic rings. The average Bonchev–Trinajstić information content (AvgIpc) is 2.70. The van der Waals surface area contributed by atoms with Crippen LogP contribution in [0, 0.1) is 0 Å². The van der Waals surface area contributed by atoms with Gasteiger partial charge < -0.3 is 19.8 Å². The molecule has 0 heterocycles. The van der Waals surface area contributed by atoms with Crippen LogP contribution < -0.4 is 9.78 Å². The first-order valence-corrected chi connectivity index (χ1v) is 9.81. The highest BCUT2D eigenvalue weighted by molar-refractivity contribution is 7.53. The third-order valence-corrected chi connectivity index (χ3v) is 4.47. The van der Waals surface area contributed by atoms with Gasteiger partial charge in [-0.05, 0) is 24.3 Å². The Morgan fingerprint density at radius 2 is 1.33 bits per heavy atom. The van der Waals surface area contributed by atoms with Gasteiger partial charge in [0, 0.05) is 0 Å². The molecule has 2 rings (SSSR count). The van der Waals surface area contributed by atoms with E-state index < -0.39 is 38.5 Å². The van der Waals surface area contributed by atoms with Gasteiger partial charge >= 0.3 is 25.6 Å². The van der Waals surface area contributed by atoms with Crippen molar-refractivity contribution in [2.45, 2.75) is 6.18 Å². The number of benzene rings is 2. The molecule has 0 radical (unpaired) electrons. The summed E-state index contributed by atoms with van der Waals surface area (Å²) in [5, 5.41) is 8.82. The predicted molar refractivity (Wildman–Crippen MR) is 94.2 cm³/mol. The molecule has 1 amide bonds. The number of para-hydroxylation sites is 2. The van der Waals surface area contributed by atoms with Crippen molar-refractivity contribution in [3.05, 3.63) is 60.7 Å². The van der Waals surface area contributed by atoms with Crippen LogP contribution in [0.1, 0.15) is 0 Å². The predicted octanol–water partition coefficient (Wildman–Crippen LogP) is 3.63. The number of hydrogen-bond acceptors (Lipinski definition) is 7. The number of amides is 1. The number of rotatable bonds is 10. The molecule has 0 spiro atoms. The first-order valence-electron chi connectivity index (χ1n) is 8.09. The molecule has 30 heavy (non-hydrogen) atoms. The lowest BCUT2D eigenvalue weighted by Crippen LogP contribution is -2.44. The highest BCUT2D eigenvalue weighted by Crippen LogP contribution is 2.49. The summed E-state index contributed by atoms with van der Waals surface area (Å²) in [7, 11) is -4.79. The van der Waals surface area contributed by atoms with Crippen molar-refractivity contribution in [3.63, 3.8) is 0 Å². The molecule has 0 saturated carbocycles. The first kappa shape index (κ1) is 23.2. The molecular formula is C17H15F3NO8P. The van der Waals surface area contributed by atoms with Gasteiger partial charge in [-0.3, -0.25) is 14.2 Å². The summed E-state index contributed by atoms with van der Waals surface area (Å²) in [6.07, 6.45) is -6.85. The van der Waals surface area contributed by atoms with Crippen molar-refractivity contribution < 1.29 is 51.6 Å². The van der Waals surface area contributed by atoms with E-state index in [1.54, 1.807) is 12.1 Å². The normalized spacial score (nSPS) is 11.6. The molecule has 162 valence electrons. The molecule has 13 heteroatoms. The number of carboxylic acid groups (broad SMARTS) is 1. The standard InChI is InChI=1S/C17H15F3NO8P/c18-17(19,20)16(24)21(11-15(22)23)12-30(25,28-26-13-7-3-1-4-8-13)29-27-14-9-5-2-6-10-14/h1-10H,11-12H2,(H,22,23). The maximum atomic E-state index is 12.9. The summed E-state index contributed by atoms with van der Waals surface area (Å²) in [6, 6.07) is 14.8. The summed E-state index contributed by atoms with van der Waals surface area (Å²) in [5.41, 5.74) is 0. The van der Waals surface area contributed by atoms with Crippen molar-refractivity contribution >= 4 is 19.5 Å². The molecule has 1 N–H and O–H groups in total. The van der Waals surface area contributed by atoms with Crippen molar-refractivity contribution in [1.29, 1.82) is 0 Å². The van der Waals surface area contributed by atoms with Crippen LogP contribution in [0.4, 0.5) is 13.2 Å². The minimum Gasteiger partial charge on any atom is -0.480 e. The maximum absolute atomic E-state index is 12.9. The molecule has 0 fully saturated rings. The number of carboxylic acids is 1. The second kappa shape index (κ2) is 10.1. The quantitative estimate of drug-likeness (QED) is 0.333. The van der Waals surface area contributed by atoms with Crippen LogP contribution in [-0.2, 0) is 23.5 Å². The summed E-state index contributed by atoms with van der Waals surface area (Å²) in [4.78, 5) is 31.8. The molecule has 2 aromatic carbocycles. The third kappa shape index (κ3) is 7.39. The van der Waals surface area contributed by atoms with E-state index in [1.807, 2.05) is 0 Å². The Hall–Kier alpha value is -3.08. The van der Waals surface area contributed by atoms with Crippen molar-refractivity contribution in [1.82, 2.24) is 4.90 Å². The van der Waals surface area contributed by atoms with Gasteiger partial charge in [0.15, 0.2) is 11.5 Å². The molecular weight excluding hydrogens is 434 g/mol. The minimum atomic E-state index is -5.43. The third-order valence-electron chi connectivity index (χ3n) is 3.18. The lowest BCUT2D eigenvalue weighted by Gasteiger charge is -2.25. The molecule has 9 nitrogen and oxygen atoms in total. The molecule has 0 bridgehead atoms. The zero-order valence-corrected chi connectivity index (χ0v) is 15.9. The van der Waals surface area contributed by atoms with Crippen LogP contribution in [0.5, 0.6) is 11.5 Å². The molecule has 2 aromatic rings. The number of nitrogens with zero attached hydrogens (tertiary/aromatic N) is 1. The Bertz CT molecular complexity index is 847. The van der Waals surface area contributed by atoms with E-state index in [1.165, 1.54) is 48.5 Å². The fraction of sp³-hybridized carbons (Fsp3) is 0.176. The van der Waals surface area contributed by atoms with Crippen LogP contribution in [0.15, 0.2) is 60.7 Å². The highest BCUT2D eigenvalue weighted by Gasteiger charge is 2.46. The summed E-state index contributed by atoms with van der Waals surface area (Å²) >= 11 is 0. The number of hydrogen-bond donors (Lipinski definition) is 1. The molecule has 0 unspecified atom stereocenters. The van der Waals surface area contributed by atoms with E-state index in [2.05, 4.69) is 9.35 Å². The zero-order chi connectivity index (χ0) is 22.2. The number of aliphatic carboxylic acids is 1. The van der Waals surface area contributed by atoms with Crippen LogP contribution >= 0.6 is 7.60 Å². The van der Waals surface area contributed by atoms with Crippen LogP contribution in [0.3, 0.4) is 0 Å². The van der Waals surface area contributed by atoms with Crippen LogP contribution in [0.25, 0.3) is 0 Å². The fourth-order valence-electron chi connectivity index (χ4n) is 1.95. The Labute approximate surface area is 167 Å². The Morgan fingerprint density at radius 3 is 1.70 bits per heavy atom. The second-order valence-electron chi connectivity index (χ2n) is 5.59. The number of alkyl halides is 3. The zero-order valence-electron chi connectivity index (χ0n) is 15.0. The molecule has 0 aliphatic heterocycles. The SMILES string of the molecule is O=C(O)CN(CP(=O)(OOc1ccccc1)OOc1ccccc1)C(=O)C(F)(F)F.